The van der Waals surface area contributed by atoms with Gasteiger partial charge in [-0.3, -0.25) is 4.57 Å². The van der Waals surface area contributed by atoms with Crippen LogP contribution in [0.4, 0.5) is 0 Å². The molecule has 3 heterocycles. The molecule has 0 fully saturated rings. The number of para-hydroxylation sites is 1. The number of nitrogens with zero attached hydrogens (tertiary/aromatic N) is 4. The van der Waals surface area contributed by atoms with Gasteiger partial charge in [-0.05, 0) is 119 Å². The van der Waals surface area contributed by atoms with Crippen LogP contribution in [-0.2, 0) is 0 Å². The fourth-order valence-corrected chi connectivity index (χ4v) is 6.68. The first kappa shape index (κ1) is 27.0. The maximum absolute atomic E-state index is 6.57. The Hall–Kier alpha value is -4.90. The molecule has 0 unspecified atom stereocenters. The Morgan fingerprint density at radius 3 is 2.37 bits per heavy atom. The van der Waals surface area contributed by atoms with Crippen LogP contribution in [-0.4, -0.2) is 19.3 Å². The van der Waals surface area contributed by atoms with Gasteiger partial charge < -0.3 is 4.74 Å². The van der Waals surface area contributed by atoms with E-state index in [1.54, 1.807) is 0 Å². The molecule has 0 saturated heterocycles. The highest BCUT2D eigenvalue weighted by Gasteiger charge is 2.22. The smallest absolute Gasteiger partial charge is 0.137 e. The molecule has 5 heteroatoms. The third-order valence-corrected chi connectivity index (χ3v) is 8.62. The van der Waals surface area contributed by atoms with Gasteiger partial charge in [0.2, 0.25) is 0 Å². The van der Waals surface area contributed by atoms with Crippen LogP contribution >= 0.6 is 0 Å². The number of fused-ring (bicyclic) bond motifs is 3. The van der Waals surface area contributed by atoms with Gasteiger partial charge in [0.15, 0.2) is 0 Å². The van der Waals surface area contributed by atoms with E-state index in [1.165, 1.54) is 38.6 Å². The van der Waals surface area contributed by atoms with Crippen LogP contribution in [0.3, 0.4) is 0 Å². The summed E-state index contributed by atoms with van der Waals surface area (Å²) in [5.41, 5.74) is 13.0. The molecule has 43 heavy (non-hydrogen) atoms. The summed E-state index contributed by atoms with van der Waals surface area (Å²) in [6, 6.07) is 25.3. The van der Waals surface area contributed by atoms with E-state index in [9.17, 15) is 0 Å². The molecule has 1 aliphatic rings. The second-order valence-corrected chi connectivity index (χ2v) is 11.9. The van der Waals surface area contributed by atoms with Crippen molar-refractivity contribution in [2.45, 2.75) is 54.4 Å². The Morgan fingerprint density at radius 2 is 1.56 bits per heavy atom. The lowest BCUT2D eigenvalue weighted by Crippen LogP contribution is -2.02. The quantitative estimate of drug-likeness (QED) is 0.209. The van der Waals surface area contributed by atoms with Crippen molar-refractivity contribution in [2.75, 3.05) is 0 Å². The number of allylic oxidation sites excluding steroid dienone is 4. The SMILES string of the molecule is CC1=CCCC(C)=C1c1c(C)nn(-c2cc(C)cc(Oc3ccc4c5ccccc5n(-c5cc(C)ccn5)c4c3)c2)c1C. The summed E-state index contributed by atoms with van der Waals surface area (Å²) in [6.07, 6.45) is 6.43. The molecular formula is C38H36N4O. The number of hydrogen-bond acceptors (Lipinski definition) is 3. The molecular weight excluding hydrogens is 528 g/mol. The van der Waals surface area contributed by atoms with Crippen molar-refractivity contribution in [1.82, 2.24) is 19.3 Å². The van der Waals surface area contributed by atoms with Gasteiger partial charge >= 0.3 is 0 Å². The molecule has 5 nitrogen and oxygen atoms in total. The minimum atomic E-state index is 0.776. The second-order valence-electron chi connectivity index (χ2n) is 11.9. The number of benzene rings is 3. The maximum atomic E-state index is 6.57. The summed E-state index contributed by atoms with van der Waals surface area (Å²) in [6.45, 7) is 13.0. The van der Waals surface area contributed by atoms with E-state index in [0.717, 1.165) is 63.8 Å². The molecule has 0 atom stereocenters. The lowest BCUT2D eigenvalue weighted by molar-refractivity contribution is 0.482. The van der Waals surface area contributed by atoms with E-state index in [1.807, 2.05) is 12.3 Å². The van der Waals surface area contributed by atoms with Crippen LogP contribution in [0, 0.1) is 27.7 Å². The van der Waals surface area contributed by atoms with E-state index in [2.05, 4.69) is 124 Å². The maximum Gasteiger partial charge on any atom is 0.137 e. The molecule has 1 aliphatic carbocycles. The Morgan fingerprint density at radius 1 is 0.744 bits per heavy atom. The number of aromatic nitrogens is 4. The first-order chi connectivity index (χ1) is 20.8. The number of pyridine rings is 1. The van der Waals surface area contributed by atoms with Gasteiger partial charge in [0.25, 0.3) is 0 Å². The standard InChI is InChI=1S/C38H36N4O/c1-23-16-17-39-36(20-23)41-34-13-8-7-12-32(34)33-15-14-30(22-35(33)41)43-31-19-24(2)18-29(21-31)42-28(6)38(27(5)40-42)37-25(3)10-9-11-26(37)4/h7-8,10,12-22H,9,11H2,1-6H3. The predicted octanol–water partition coefficient (Wildman–Crippen LogP) is 9.90. The van der Waals surface area contributed by atoms with Gasteiger partial charge in [-0.1, -0.05) is 29.8 Å². The van der Waals surface area contributed by atoms with Crippen LogP contribution in [0.15, 0.2) is 96.2 Å². The van der Waals surface area contributed by atoms with Gasteiger partial charge in [-0.15, -0.1) is 0 Å². The van der Waals surface area contributed by atoms with Crippen LogP contribution in [0.1, 0.15) is 54.8 Å². The zero-order chi connectivity index (χ0) is 29.8. The summed E-state index contributed by atoms with van der Waals surface area (Å²) >= 11 is 0. The molecule has 3 aromatic carbocycles. The van der Waals surface area contributed by atoms with E-state index in [0.29, 0.717) is 0 Å². The van der Waals surface area contributed by atoms with Crippen molar-refractivity contribution in [3.63, 3.8) is 0 Å². The average molecular weight is 565 g/mol. The van der Waals surface area contributed by atoms with Gasteiger partial charge in [0.05, 0.1) is 22.4 Å². The highest BCUT2D eigenvalue weighted by atomic mass is 16.5. The van der Waals surface area contributed by atoms with Crippen molar-refractivity contribution in [3.05, 3.63) is 124 Å². The van der Waals surface area contributed by atoms with E-state index in [-0.39, 0.29) is 0 Å². The molecule has 0 amide bonds. The molecule has 0 bridgehead atoms. The highest BCUT2D eigenvalue weighted by Crippen LogP contribution is 2.38. The second kappa shape index (κ2) is 10.4. The third-order valence-electron chi connectivity index (χ3n) is 8.62. The molecule has 0 N–H and O–H groups in total. The summed E-state index contributed by atoms with van der Waals surface area (Å²) in [4.78, 5) is 4.72. The highest BCUT2D eigenvalue weighted by molar-refractivity contribution is 6.09. The van der Waals surface area contributed by atoms with Gasteiger partial charge in [-0.25, -0.2) is 9.67 Å². The van der Waals surface area contributed by atoms with E-state index in [4.69, 9.17) is 14.8 Å². The molecule has 7 rings (SSSR count). The van der Waals surface area contributed by atoms with E-state index >= 15 is 0 Å². The van der Waals surface area contributed by atoms with Gasteiger partial charge in [0.1, 0.15) is 17.3 Å². The molecule has 0 saturated carbocycles. The van der Waals surface area contributed by atoms with E-state index < -0.39 is 0 Å². The number of aryl methyl sites for hydroxylation is 3. The molecule has 3 aromatic heterocycles. The monoisotopic (exact) mass is 564 g/mol. The Labute approximate surface area is 252 Å². The van der Waals surface area contributed by atoms with Crippen molar-refractivity contribution in [1.29, 1.82) is 0 Å². The Bertz CT molecular complexity index is 2120. The minimum Gasteiger partial charge on any atom is -0.457 e. The first-order valence-electron chi connectivity index (χ1n) is 15.0. The van der Waals surface area contributed by atoms with Crippen molar-refractivity contribution in [3.8, 4) is 23.0 Å². The summed E-state index contributed by atoms with van der Waals surface area (Å²) in [7, 11) is 0. The predicted molar refractivity (Wildman–Crippen MR) is 177 cm³/mol. The lowest BCUT2D eigenvalue weighted by atomic mass is 9.87. The van der Waals surface area contributed by atoms with Crippen LogP contribution in [0.25, 0.3) is 38.9 Å². The topological polar surface area (TPSA) is 44.9 Å². The van der Waals surface area contributed by atoms with Crippen molar-refractivity contribution in [2.24, 2.45) is 0 Å². The fourth-order valence-electron chi connectivity index (χ4n) is 6.68. The van der Waals surface area contributed by atoms with Crippen LogP contribution in [0.5, 0.6) is 11.5 Å². The molecule has 0 spiro atoms. The zero-order valence-corrected chi connectivity index (χ0v) is 25.7. The summed E-state index contributed by atoms with van der Waals surface area (Å²) in [5, 5.41) is 7.38. The Balaban J connectivity index is 1.30. The fraction of sp³-hybridized carbons (Fsp3) is 0.211. The average Bonchev–Trinajstić information content (AvgIpc) is 3.46. The third kappa shape index (κ3) is 4.65. The number of ether oxygens (including phenoxy) is 1. The van der Waals surface area contributed by atoms with Crippen molar-refractivity contribution >= 4 is 27.4 Å². The van der Waals surface area contributed by atoms with Crippen LogP contribution < -0.4 is 4.74 Å². The number of hydrogen-bond donors (Lipinski definition) is 0. The number of rotatable bonds is 5. The van der Waals surface area contributed by atoms with Crippen LogP contribution in [0.2, 0.25) is 0 Å². The van der Waals surface area contributed by atoms with Gasteiger partial charge in [0, 0.05) is 40.4 Å². The lowest BCUT2D eigenvalue weighted by Gasteiger charge is -2.18. The Kier molecular flexibility index (Phi) is 6.54. The minimum absolute atomic E-state index is 0.776. The summed E-state index contributed by atoms with van der Waals surface area (Å²) < 4.78 is 10.9. The largest absolute Gasteiger partial charge is 0.457 e. The summed E-state index contributed by atoms with van der Waals surface area (Å²) in [5.74, 6) is 2.46. The van der Waals surface area contributed by atoms with Crippen molar-refractivity contribution < 1.29 is 4.74 Å². The molecule has 0 aliphatic heterocycles. The molecule has 214 valence electrons. The molecule has 0 radical (unpaired) electrons. The first-order valence-corrected chi connectivity index (χ1v) is 15.0. The zero-order valence-electron chi connectivity index (χ0n) is 25.7. The van der Waals surface area contributed by atoms with Gasteiger partial charge in [-0.2, -0.15) is 5.10 Å². The normalized spacial score (nSPS) is 13.7. The molecule has 6 aromatic rings.